The van der Waals surface area contributed by atoms with Crippen molar-refractivity contribution in [2.45, 2.75) is 12.3 Å². The highest BCUT2D eigenvalue weighted by molar-refractivity contribution is 5.82. The van der Waals surface area contributed by atoms with E-state index in [0.29, 0.717) is 11.3 Å². The van der Waals surface area contributed by atoms with E-state index in [1.165, 1.54) is 19.2 Å². The number of alkyl halides is 2. The molecule has 1 atom stereocenters. The van der Waals surface area contributed by atoms with Gasteiger partial charge in [0.25, 0.3) is 5.92 Å². The van der Waals surface area contributed by atoms with Crippen LogP contribution in [0.15, 0.2) is 18.2 Å². The van der Waals surface area contributed by atoms with Gasteiger partial charge in [-0.2, -0.15) is 0 Å². The van der Waals surface area contributed by atoms with E-state index in [1.54, 1.807) is 6.07 Å². The molecule has 1 aromatic rings. The Balaban J connectivity index is 2.55. The van der Waals surface area contributed by atoms with Gasteiger partial charge in [0.15, 0.2) is 0 Å². The van der Waals surface area contributed by atoms with Gasteiger partial charge in [-0.1, -0.05) is 12.1 Å². The minimum absolute atomic E-state index is 0.0572. The van der Waals surface area contributed by atoms with Crippen LogP contribution >= 0.6 is 0 Å². The number of ether oxygens (including phenoxy) is 1. The lowest BCUT2D eigenvalue weighted by Gasteiger charge is -2.18. The molecule has 0 fully saturated rings. The normalized spacial score (nSPS) is 21.6. The molecule has 1 aliphatic rings. The van der Waals surface area contributed by atoms with Crippen LogP contribution in [0.2, 0.25) is 0 Å². The van der Waals surface area contributed by atoms with Gasteiger partial charge in [0.2, 0.25) is 0 Å². The number of halogens is 2. The van der Waals surface area contributed by atoms with Crippen molar-refractivity contribution in [3.63, 3.8) is 0 Å². The molecule has 5 heteroatoms. The zero-order valence-electron chi connectivity index (χ0n) is 8.76. The van der Waals surface area contributed by atoms with Crippen LogP contribution in [0.3, 0.4) is 0 Å². The number of amidine groups is 1. The second-order valence-electron chi connectivity index (χ2n) is 3.82. The lowest BCUT2D eigenvalue weighted by Crippen LogP contribution is -2.33. The Morgan fingerprint density at radius 1 is 1.56 bits per heavy atom. The van der Waals surface area contributed by atoms with Crippen molar-refractivity contribution in [1.29, 1.82) is 5.41 Å². The van der Waals surface area contributed by atoms with E-state index >= 15 is 0 Å². The summed E-state index contributed by atoms with van der Waals surface area (Å²) in [6.45, 7) is 0. The van der Waals surface area contributed by atoms with E-state index < -0.39 is 17.7 Å². The molecule has 0 amide bonds. The van der Waals surface area contributed by atoms with Crippen molar-refractivity contribution in [3.8, 4) is 5.75 Å². The van der Waals surface area contributed by atoms with Gasteiger partial charge < -0.3 is 10.5 Å². The zero-order valence-corrected chi connectivity index (χ0v) is 8.76. The molecule has 0 aliphatic heterocycles. The highest BCUT2D eigenvalue weighted by atomic mass is 19.3. The highest BCUT2D eigenvalue weighted by Crippen LogP contribution is 2.48. The summed E-state index contributed by atoms with van der Waals surface area (Å²) < 4.78 is 32.8. The lowest BCUT2D eigenvalue weighted by molar-refractivity contribution is -0.0277. The summed E-state index contributed by atoms with van der Waals surface area (Å²) >= 11 is 0. The van der Waals surface area contributed by atoms with Crippen molar-refractivity contribution in [2.24, 2.45) is 11.7 Å². The molecule has 0 saturated carbocycles. The van der Waals surface area contributed by atoms with E-state index in [-0.39, 0.29) is 12.0 Å². The summed E-state index contributed by atoms with van der Waals surface area (Å²) in [7, 11) is 1.44. The predicted molar refractivity (Wildman–Crippen MR) is 56.0 cm³/mol. The molecule has 1 aromatic carbocycles. The van der Waals surface area contributed by atoms with E-state index in [4.69, 9.17) is 15.9 Å². The molecule has 0 heterocycles. The number of fused-ring (bicyclic) bond motifs is 1. The maximum Gasteiger partial charge on any atom is 0.283 e. The maximum absolute atomic E-state index is 13.9. The second kappa shape index (κ2) is 3.43. The van der Waals surface area contributed by atoms with Crippen LogP contribution in [0.1, 0.15) is 11.1 Å². The number of nitrogens with two attached hydrogens (primary N) is 1. The molecule has 16 heavy (non-hydrogen) atoms. The smallest absolute Gasteiger partial charge is 0.283 e. The summed E-state index contributed by atoms with van der Waals surface area (Å²) in [5.74, 6) is -4.38. The monoisotopic (exact) mass is 226 g/mol. The Morgan fingerprint density at radius 3 is 2.81 bits per heavy atom. The molecule has 86 valence electrons. The number of rotatable bonds is 2. The fourth-order valence-electron chi connectivity index (χ4n) is 2.10. The minimum Gasteiger partial charge on any atom is -0.496 e. The van der Waals surface area contributed by atoms with E-state index in [1.807, 2.05) is 0 Å². The van der Waals surface area contributed by atoms with E-state index in [2.05, 4.69) is 0 Å². The minimum atomic E-state index is -3.07. The van der Waals surface area contributed by atoms with Gasteiger partial charge in [-0.05, 0) is 12.5 Å². The van der Waals surface area contributed by atoms with Crippen molar-refractivity contribution in [1.82, 2.24) is 0 Å². The van der Waals surface area contributed by atoms with Crippen LogP contribution < -0.4 is 10.5 Å². The first-order valence-corrected chi connectivity index (χ1v) is 4.86. The summed E-state index contributed by atoms with van der Waals surface area (Å²) in [4.78, 5) is 0. The van der Waals surface area contributed by atoms with Crippen LogP contribution in [0.25, 0.3) is 0 Å². The number of hydrogen-bond donors (Lipinski definition) is 2. The quantitative estimate of drug-likeness (QED) is 0.597. The van der Waals surface area contributed by atoms with Gasteiger partial charge in [0.1, 0.15) is 11.6 Å². The summed E-state index contributed by atoms with van der Waals surface area (Å²) in [5.41, 5.74) is 5.58. The molecule has 3 N–H and O–H groups in total. The van der Waals surface area contributed by atoms with E-state index in [0.717, 1.165) is 0 Å². The lowest BCUT2D eigenvalue weighted by atomic mass is 10.0. The average molecular weight is 226 g/mol. The van der Waals surface area contributed by atoms with Crippen LogP contribution in [0, 0.1) is 11.3 Å². The van der Waals surface area contributed by atoms with Crippen molar-refractivity contribution in [2.75, 3.05) is 7.11 Å². The fraction of sp³-hybridized carbons (Fsp3) is 0.364. The summed E-state index contributed by atoms with van der Waals surface area (Å²) in [6, 6.07) is 4.52. The van der Waals surface area contributed by atoms with Gasteiger partial charge in [-0.25, -0.2) is 8.78 Å². The Morgan fingerprint density at radius 2 is 2.25 bits per heavy atom. The van der Waals surface area contributed by atoms with Crippen molar-refractivity contribution in [3.05, 3.63) is 29.3 Å². The first-order valence-electron chi connectivity index (χ1n) is 4.86. The predicted octanol–water partition coefficient (Wildman–Crippen LogP) is 1.90. The third-order valence-electron chi connectivity index (χ3n) is 2.93. The van der Waals surface area contributed by atoms with Gasteiger partial charge in [0, 0.05) is 11.1 Å². The summed E-state index contributed by atoms with van der Waals surface area (Å²) in [6.07, 6.45) is 0.0572. The number of hydrogen-bond acceptors (Lipinski definition) is 2. The average Bonchev–Trinajstić information content (AvgIpc) is 2.51. The largest absolute Gasteiger partial charge is 0.496 e. The Hall–Kier alpha value is -1.65. The Bertz CT molecular complexity index is 446. The SMILES string of the molecule is COc1cccc2c1CC(C(=N)N)C2(F)F. The standard InChI is InChI=1S/C11H12F2N2O/c1-16-9-4-2-3-7-6(9)5-8(10(14)15)11(7,12)13/h2-4,8H,5H2,1H3,(H3,14,15). The molecule has 0 aromatic heterocycles. The molecule has 1 aliphatic carbocycles. The van der Waals surface area contributed by atoms with Gasteiger partial charge in [0.05, 0.1) is 13.0 Å². The molecule has 0 saturated heterocycles. The van der Waals surface area contributed by atoms with Crippen LogP contribution in [-0.2, 0) is 12.3 Å². The molecular formula is C11H12F2N2O. The van der Waals surface area contributed by atoms with Crippen LogP contribution in [0.5, 0.6) is 5.75 Å². The number of methoxy groups -OCH3 is 1. The molecule has 0 bridgehead atoms. The van der Waals surface area contributed by atoms with Crippen LogP contribution in [-0.4, -0.2) is 12.9 Å². The Kier molecular flexibility index (Phi) is 2.33. The first-order chi connectivity index (χ1) is 7.48. The molecule has 3 nitrogen and oxygen atoms in total. The fourth-order valence-corrected chi connectivity index (χ4v) is 2.10. The molecule has 2 rings (SSSR count). The maximum atomic E-state index is 13.9. The van der Waals surface area contributed by atoms with E-state index in [9.17, 15) is 8.78 Å². The topological polar surface area (TPSA) is 59.1 Å². The van der Waals surface area contributed by atoms with Gasteiger partial charge in [-0.15, -0.1) is 0 Å². The van der Waals surface area contributed by atoms with Crippen molar-refractivity contribution < 1.29 is 13.5 Å². The second-order valence-corrected chi connectivity index (χ2v) is 3.82. The first kappa shape index (κ1) is 10.9. The van der Waals surface area contributed by atoms with Gasteiger partial charge in [-0.3, -0.25) is 5.41 Å². The highest BCUT2D eigenvalue weighted by Gasteiger charge is 2.50. The van der Waals surface area contributed by atoms with Crippen molar-refractivity contribution >= 4 is 5.84 Å². The number of benzene rings is 1. The zero-order chi connectivity index (χ0) is 11.9. The van der Waals surface area contributed by atoms with Crippen LogP contribution in [0.4, 0.5) is 8.78 Å². The number of nitrogens with one attached hydrogen (secondary N) is 1. The molecule has 0 radical (unpaired) electrons. The third kappa shape index (κ3) is 1.35. The van der Waals surface area contributed by atoms with Gasteiger partial charge >= 0.3 is 0 Å². The Labute approximate surface area is 91.7 Å². The molecule has 0 spiro atoms. The summed E-state index contributed by atoms with van der Waals surface area (Å²) in [5, 5.41) is 7.21. The molecular weight excluding hydrogens is 214 g/mol. The molecule has 1 unspecified atom stereocenters. The third-order valence-corrected chi connectivity index (χ3v) is 2.93.